The van der Waals surface area contributed by atoms with E-state index in [4.69, 9.17) is 34.8 Å². The first-order valence-electron chi connectivity index (χ1n) is 7.17. The molecule has 0 saturated carbocycles. The second-order valence-electron chi connectivity index (χ2n) is 5.00. The summed E-state index contributed by atoms with van der Waals surface area (Å²) in [5, 5.41) is 6.72. The summed E-state index contributed by atoms with van der Waals surface area (Å²) < 4.78 is 0. The molecule has 0 aliphatic heterocycles. The van der Waals surface area contributed by atoms with E-state index >= 15 is 0 Å². The van der Waals surface area contributed by atoms with Gasteiger partial charge >= 0.3 is 0 Å². The molecule has 1 heterocycles. The second-order valence-corrected chi connectivity index (χ2v) is 7.11. The Morgan fingerprint density at radius 1 is 1.04 bits per heavy atom. The summed E-state index contributed by atoms with van der Waals surface area (Å²) in [6, 6.07) is 12.5. The van der Waals surface area contributed by atoms with Crippen molar-refractivity contribution in [1.29, 1.82) is 0 Å². The minimum absolute atomic E-state index is 0.312. The van der Waals surface area contributed by atoms with E-state index in [9.17, 15) is 4.79 Å². The highest BCUT2D eigenvalue weighted by molar-refractivity contribution is 7.14. The minimum Gasteiger partial charge on any atom is -0.298 e. The average Bonchev–Trinajstić information content (AvgIpc) is 3.03. The number of carbonyl (C=O) groups excluding carboxylic acids is 1. The number of rotatable bonds is 4. The lowest BCUT2D eigenvalue weighted by atomic mass is 10.2. The molecule has 0 unspecified atom stereocenters. The SMILES string of the molecule is O=C(C=Cc1c(Cl)cccc1Cl)Nc1nc(-c2ccc(Cl)cc2)cs1. The zero-order valence-corrected chi connectivity index (χ0v) is 15.8. The third kappa shape index (κ3) is 4.61. The number of carbonyl (C=O) groups is 1. The van der Waals surface area contributed by atoms with Gasteiger partial charge in [-0.25, -0.2) is 4.98 Å². The molecule has 0 atom stereocenters. The largest absolute Gasteiger partial charge is 0.298 e. The number of nitrogens with zero attached hydrogens (tertiary/aromatic N) is 1. The Hall–Kier alpha value is -1.85. The zero-order chi connectivity index (χ0) is 17.8. The van der Waals surface area contributed by atoms with Gasteiger partial charge < -0.3 is 0 Å². The molecule has 3 nitrogen and oxygen atoms in total. The van der Waals surface area contributed by atoms with Gasteiger partial charge in [-0.2, -0.15) is 0 Å². The van der Waals surface area contributed by atoms with Gasteiger partial charge in [-0.3, -0.25) is 10.1 Å². The van der Waals surface area contributed by atoms with Crippen molar-refractivity contribution >= 4 is 63.3 Å². The molecule has 0 radical (unpaired) electrons. The molecule has 0 spiro atoms. The van der Waals surface area contributed by atoms with Crippen LogP contribution in [0.5, 0.6) is 0 Å². The van der Waals surface area contributed by atoms with Gasteiger partial charge in [0.15, 0.2) is 5.13 Å². The fourth-order valence-electron chi connectivity index (χ4n) is 2.06. The van der Waals surface area contributed by atoms with Crippen molar-refractivity contribution in [3.05, 3.63) is 74.6 Å². The van der Waals surface area contributed by atoms with Crippen molar-refractivity contribution in [2.75, 3.05) is 5.32 Å². The lowest BCUT2D eigenvalue weighted by Gasteiger charge is -2.01. The summed E-state index contributed by atoms with van der Waals surface area (Å²) >= 11 is 19.4. The predicted octanol–water partition coefficient (Wildman–Crippen LogP) is 6.42. The number of nitrogens with one attached hydrogen (secondary N) is 1. The summed E-state index contributed by atoms with van der Waals surface area (Å²) in [7, 11) is 0. The van der Waals surface area contributed by atoms with Crippen LogP contribution in [-0.2, 0) is 4.79 Å². The Labute approximate surface area is 163 Å². The Balaban J connectivity index is 1.69. The highest BCUT2D eigenvalue weighted by atomic mass is 35.5. The van der Waals surface area contributed by atoms with E-state index in [0.29, 0.717) is 25.8 Å². The van der Waals surface area contributed by atoms with Crippen LogP contribution in [0.15, 0.2) is 53.9 Å². The van der Waals surface area contributed by atoms with Crippen LogP contribution in [0.2, 0.25) is 15.1 Å². The van der Waals surface area contributed by atoms with Crippen LogP contribution in [-0.4, -0.2) is 10.9 Å². The van der Waals surface area contributed by atoms with Crippen LogP contribution in [0.1, 0.15) is 5.56 Å². The first-order valence-corrected chi connectivity index (χ1v) is 9.19. The summed E-state index contributed by atoms with van der Waals surface area (Å²) in [6.45, 7) is 0. The third-order valence-electron chi connectivity index (χ3n) is 3.28. The highest BCUT2D eigenvalue weighted by Crippen LogP contribution is 2.27. The topological polar surface area (TPSA) is 42.0 Å². The molecule has 7 heteroatoms. The van der Waals surface area contributed by atoms with Gasteiger partial charge in [-0.1, -0.05) is 53.0 Å². The maximum absolute atomic E-state index is 12.1. The number of aromatic nitrogens is 1. The minimum atomic E-state index is -0.312. The van der Waals surface area contributed by atoms with E-state index in [0.717, 1.165) is 11.3 Å². The van der Waals surface area contributed by atoms with Gasteiger partial charge in [-0.05, 0) is 30.3 Å². The van der Waals surface area contributed by atoms with Gasteiger partial charge in [0.05, 0.1) is 5.69 Å². The van der Waals surface area contributed by atoms with Crippen LogP contribution in [0.25, 0.3) is 17.3 Å². The van der Waals surface area contributed by atoms with Crippen LogP contribution in [0.3, 0.4) is 0 Å². The van der Waals surface area contributed by atoms with Crippen LogP contribution >= 0.6 is 46.1 Å². The molecule has 2 aromatic carbocycles. The van der Waals surface area contributed by atoms with Crippen molar-refractivity contribution in [2.45, 2.75) is 0 Å². The summed E-state index contributed by atoms with van der Waals surface area (Å²) in [5.41, 5.74) is 2.30. The second kappa shape index (κ2) is 8.02. The average molecular weight is 410 g/mol. The van der Waals surface area contributed by atoms with E-state index in [1.807, 2.05) is 17.5 Å². The molecule has 3 aromatic rings. The van der Waals surface area contributed by atoms with Crippen LogP contribution in [0, 0.1) is 0 Å². The monoisotopic (exact) mass is 408 g/mol. The molecule has 0 aliphatic rings. The number of hydrogen-bond acceptors (Lipinski definition) is 3. The Morgan fingerprint density at radius 2 is 1.72 bits per heavy atom. The van der Waals surface area contributed by atoms with Gasteiger partial charge in [0.25, 0.3) is 0 Å². The zero-order valence-electron chi connectivity index (χ0n) is 12.7. The van der Waals surface area contributed by atoms with E-state index in [1.165, 1.54) is 17.4 Å². The van der Waals surface area contributed by atoms with E-state index in [2.05, 4.69) is 10.3 Å². The molecule has 0 bridgehead atoms. The lowest BCUT2D eigenvalue weighted by Crippen LogP contribution is -2.07. The molecule has 126 valence electrons. The third-order valence-corrected chi connectivity index (χ3v) is 4.94. The van der Waals surface area contributed by atoms with Gasteiger partial charge in [0, 0.05) is 37.7 Å². The number of anilines is 1. The Morgan fingerprint density at radius 3 is 2.40 bits per heavy atom. The highest BCUT2D eigenvalue weighted by Gasteiger charge is 2.07. The number of halogens is 3. The normalized spacial score (nSPS) is 11.0. The van der Waals surface area contributed by atoms with E-state index in [-0.39, 0.29) is 5.91 Å². The molecule has 25 heavy (non-hydrogen) atoms. The van der Waals surface area contributed by atoms with Crippen molar-refractivity contribution in [3.63, 3.8) is 0 Å². The number of hydrogen-bond donors (Lipinski definition) is 1. The summed E-state index contributed by atoms with van der Waals surface area (Å²) in [5.74, 6) is -0.312. The fourth-order valence-corrected chi connectivity index (χ4v) is 3.43. The molecule has 0 fully saturated rings. The number of benzene rings is 2. The fraction of sp³-hybridized carbons (Fsp3) is 0. The Bertz CT molecular complexity index is 915. The lowest BCUT2D eigenvalue weighted by molar-refractivity contribution is -0.111. The van der Waals surface area contributed by atoms with Crippen molar-refractivity contribution < 1.29 is 4.79 Å². The molecule has 1 N–H and O–H groups in total. The molecule has 3 rings (SSSR count). The quantitative estimate of drug-likeness (QED) is 0.505. The summed E-state index contributed by atoms with van der Waals surface area (Å²) in [6.07, 6.45) is 2.95. The van der Waals surface area contributed by atoms with Crippen LogP contribution < -0.4 is 5.32 Å². The molecule has 1 amide bonds. The maximum Gasteiger partial charge on any atom is 0.250 e. The molecular weight excluding hydrogens is 399 g/mol. The van der Waals surface area contributed by atoms with Gasteiger partial charge in [-0.15, -0.1) is 11.3 Å². The predicted molar refractivity (Wildman–Crippen MR) is 107 cm³/mol. The summed E-state index contributed by atoms with van der Waals surface area (Å²) in [4.78, 5) is 16.5. The van der Waals surface area contributed by atoms with Crippen molar-refractivity contribution in [2.24, 2.45) is 0 Å². The Kier molecular flexibility index (Phi) is 5.76. The van der Waals surface area contributed by atoms with Crippen molar-refractivity contribution in [1.82, 2.24) is 4.98 Å². The standard InChI is InChI=1S/C18H11Cl3N2OS/c19-12-6-4-11(5-7-12)16-10-25-18(22-16)23-17(24)9-8-13-14(20)2-1-3-15(13)21/h1-10H,(H,22,23,24). The van der Waals surface area contributed by atoms with Gasteiger partial charge in [0.1, 0.15) is 0 Å². The van der Waals surface area contributed by atoms with Gasteiger partial charge in [0.2, 0.25) is 5.91 Å². The smallest absolute Gasteiger partial charge is 0.250 e. The molecular formula is C18H11Cl3N2OS. The maximum atomic E-state index is 12.1. The first kappa shape index (κ1) is 18.0. The first-order chi connectivity index (χ1) is 12.0. The van der Waals surface area contributed by atoms with E-state index in [1.54, 1.807) is 36.4 Å². The molecule has 0 aliphatic carbocycles. The van der Waals surface area contributed by atoms with Crippen molar-refractivity contribution in [3.8, 4) is 11.3 Å². The number of amides is 1. The molecule has 1 aromatic heterocycles. The number of thiazole rings is 1. The van der Waals surface area contributed by atoms with Crippen LogP contribution in [0.4, 0.5) is 5.13 Å². The van der Waals surface area contributed by atoms with E-state index < -0.39 is 0 Å². The molecule has 0 saturated heterocycles.